The van der Waals surface area contributed by atoms with Crippen molar-refractivity contribution in [3.05, 3.63) is 42.0 Å². The van der Waals surface area contributed by atoms with Crippen LogP contribution in [0.1, 0.15) is 25.5 Å². The molecule has 0 unspecified atom stereocenters. The predicted molar refractivity (Wildman–Crippen MR) is 67.0 cm³/mol. The normalized spacial score (nSPS) is 12.4. The van der Waals surface area contributed by atoms with E-state index in [1.807, 2.05) is 6.92 Å². The Morgan fingerprint density at radius 2 is 2.28 bits per heavy atom. The third-order valence-corrected chi connectivity index (χ3v) is 2.62. The zero-order valence-electron chi connectivity index (χ0n) is 10.4. The lowest BCUT2D eigenvalue weighted by atomic mass is 10.1. The minimum absolute atomic E-state index is 0.295. The molecule has 0 spiro atoms. The number of hydrogen-bond donors (Lipinski definition) is 1. The molecule has 0 aliphatic carbocycles. The fourth-order valence-corrected chi connectivity index (χ4v) is 1.67. The van der Waals surface area contributed by atoms with Gasteiger partial charge in [0.15, 0.2) is 5.75 Å². The van der Waals surface area contributed by atoms with Gasteiger partial charge in [-0.05, 0) is 32.0 Å². The first-order valence-corrected chi connectivity index (χ1v) is 5.85. The van der Waals surface area contributed by atoms with Crippen molar-refractivity contribution < 1.29 is 9.13 Å². The summed E-state index contributed by atoms with van der Waals surface area (Å²) in [5.74, 6) is 0.853. The highest BCUT2D eigenvalue weighted by atomic mass is 19.1. The predicted octanol–water partition coefficient (Wildman–Crippen LogP) is 2.85. The fraction of sp³-hybridized carbons (Fsp3) is 0.308. The lowest BCUT2D eigenvalue weighted by Gasteiger charge is -2.12. The van der Waals surface area contributed by atoms with Crippen molar-refractivity contribution >= 4 is 0 Å². The van der Waals surface area contributed by atoms with Gasteiger partial charge in [0.2, 0.25) is 0 Å². The maximum atomic E-state index is 13.2. The molecule has 1 atom stereocenters. The maximum Gasteiger partial charge on any atom is 0.165 e. The molecule has 1 aromatic carbocycles. The molecule has 0 aliphatic heterocycles. The molecular formula is C13H16FN3O. The van der Waals surface area contributed by atoms with E-state index in [2.05, 4.69) is 5.10 Å². The number of aromatic nitrogens is 2. The Morgan fingerprint density at radius 1 is 1.50 bits per heavy atom. The molecule has 0 amide bonds. The topological polar surface area (TPSA) is 53.1 Å². The molecule has 0 saturated heterocycles. The summed E-state index contributed by atoms with van der Waals surface area (Å²) in [4.78, 5) is 0. The van der Waals surface area contributed by atoms with E-state index in [0.29, 0.717) is 17.1 Å². The van der Waals surface area contributed by atoms with Crippen LogP contribution in [0.5, 0.6) is 11.5 Å². The van der Waals surface area contributed by atoms with Crippen LogP contribution in [0, 0.1) is 5.82 Å². The monoisotopic (exact) mass is 249 g/mol. The van der Waals surface area contributed by atoms with E-state index in [9.17, 15) is 4.39 Å². The molecule has 2 rings (SSSR count). The molecule has 0 aliphatic rings. The second kappa shape index (κ2) is 5.18. The van der Waals surface area contributed by atoms with Crippen LogP contribution < -0.4 is 10.5 Å². The number of nitrogens with zero attached hydrogens (tertiary/aromatic N) is 2. The van der Waals surface area contributed by atoms with Crippen LogP contribution in [0.2, 0.25) is 0 Å². The Balaban J connectivity index is 2.28. The van der Waals surface area contributed by atoms with Gasteiger partial charge in [0.25, 0.3) is 0 Å². The van der Waals surface area contributed by atoms with E-state index < -0.39 is 0 Å². The number of rotatable bonds is 4. The van der Waals surface area contributed by atoms with E-state index in [1.54, 1.807) is 30.1 Å². The number of nitrogens with two attached hydrogens (primary N) is 1. The molecule has 5 heteroatoms. The maximum absolute atomic E-state index is 13.2. The van der Waals surface area contributed by atoms with Crippen molar-refractivity contribution in [1.82, 2.24) is 9.78 Å². The van der Waals surface area contributed by atoms with Gasteiger partial charge in [0.1, 0.15) is 11.6 Å². The summed E-state index contributed by atoms with van der Waals surface area (Å²) < 4.78 is 20.6. The quantitative estimate of drug-likeness (QED) is 0.906. The Kier molecular flexibility index (Phi) is 3.62. The van der Waals surface area contributed by atoms with Crippen LogP contribution >= 0.6 is 0 Å². The Hall–Kier alpha value is -1.88. The van der Waals surface area contributed by atoms with Crippen molar-refractivity contribution in [1.29, 1.82) is 0 Å². The molecule has 1 heterocycles. The molecule has 1 aromatic heterocycles. The van der Waals surface area contributed by atoms with Gasteiger partial charge < -0.3 is 10.5 Å². The van der Waals surface area contributed by atoms with Gasteiger partial charge in [-0.15, -0.1) is 0 Å². The molecule has 0 saturated carbocycles. The summed E-state index contributed by atoms with van der Waals surface area (Å²) >= 11 is 0. The number of benzene rings is 1. The highest BCUT2D eigenvalue weighted by molar-refractivity contribution is 5.38. The van der Waals surface area contributed by atoms with E-state index in [1.165, 1.54) is 12.1 Å². The van der Waals surface area contributed by atoms with E-state index in [-0.39, 0.29) is 11.9 Å². The lowest BCUT2D eigenvalue weighted by molar-refractivity contribution is 0.468. The van der Waals surface area contributed by atoms with Crippen molar-refractivity contribution in [3.63, 3.8) is 0 Å². The summed E-state index contributed by atoms with van der Waals surface area (Å²) in [7, 11) is 0. The zero-order valence-corrected chi connectivity index (χ0v) is 10.4. The second-order valence-corrected chi connectivity index (χ2v) is 4.10. The largest absolute Gasteiger partial charge is 0.454 e. The third-order valence-electron chi connectivity index (χ3n) is 2.62. The number of aryl methyl sites for hydroxylation is 1. The van der Waals surface area contributed by atoms with Gasteiger partial charge in [0.05, 0.1) is 12.4 Å². The summed E-state index contributed by atoms with van der Waals surface area (Å²) in [5, 5.41) is 4.11. The van der Waals surface area contributed by atoms with Crippen LogP contribution in [-0.2, 0) is 6.54 Å². The molecule has 18 heavy (non-hydrogen) atoms. The SMILES string of the molecule is CCn1cc(Oc2ccc(F)cc2[C@@H](C)N)cn1. The van der Waals surface area contributed by atoms with Crippen LogP contribution in [0.15, 0.2) is 30.6 Å². The molecule has 0 fully saturated rings. The van der Waals surface area contributed by atoms with Crippen LogP contribution in [-0.4, -0.2) is 9.78 Å². The zero-order chi connectivity index (χ0) is 13.1. The first-order valence-electron chi connectivity index (χ1n) is 5.85. The highest BCUT2D eigenvalue weighted by Gasteiger charge is 2.11. The van der Waals surface area contributed by atoms with Crippen molar-refractivity contribution in [2.75, 3.05) is 0 Å². The molecular weight excluding hydrogens is 233 g/mol. The van der Waals surface area contributed by atoms with Gasteiger partial charge in [0, 0.05) is 18.2 Å². The van der Waals surface area contributed by atoms with Crippen molar-refractivity contribution in [2.45, 2.75) is 26.4 Å². The molecule has 4 nitrogen and oxygen atoms in total. The number of hydrogen-bond acceptors (Lipinski definition) is 3. The van der Waals surface area contributed by atoms with Crippen molar-refractivity contribution in [2.24, 2.45) is 5.73 Å². The van der Waals surface area contributed by atoms with Crippen LogP contribution in [0.4, 0.5) is 4.39 Å². The van der Waals surface area contributed by atoms with E-state index in [0.717, 1.165) is 6.54 Å². The second-order valence-electron chi connectivity index (χ2n) is 4.10. The smallest absolute Gasteiger partial charge is 0.165 e. The Morgan fingerprint density at radius 3 is 2.89 bits per heavy atom. The third kappa shape index (κ3) is 2.68. The van der Waals surface area contributed by atoms with Gasteiger partial charge in [-0.1, -0.05) is 0 Å². The molecule has 2 N–H and O–H groups in total. The minimum atomic E-state index is -0.320. The molecule has 2 aromatic rings. The summed E-state index contributed by atoms with van der Waals surface area (Å²) in [6.45, 7) is 4.55. The average molecular weight is 249 g/mol. The number of halogens is 1. The van der Waals surface area contributed by atoms with Crippen LogP contribution in [0.25, 0.3) is 0 Å². The summed E-state index contributed by atoms with van der Waals surface area (Å²) in [6, 6.07) is 4.03. The first-order chi connectivity index (χ1) is 8.60. The summed E-state index contributed by atoms with van der Waals surface area (Å²) in [5.41, 5.74) is 6.44. The van der Waals surface area contributed by atoms with Gasteiger partial charge >= 0.3 is 0 Å². The molecule has 0 radical (unpaired) electrons. The Labute approximate surface area is 105 Å². The minimum Gasteiger partial charge on any atom is -0.454 e. The van der Waals surface area contributed by atoms with Gasteiger partial charge in [-0.25, -0.2) is 4.39 Å². The first kappa shape index (κ1) is 12.6. The lowest BCUT2D eigenvalue weighted by Crippen LogP contribution is -2.07. The number of ether oxygens (including phenoxy) is 1. The van der Waals surface area contributed by atoms with Gasteiger partial charge in [-0.3, -0.25) is 4.68 Å². The standard InChI is InChI=1S/C13H16FN3O/c1-3-17-8-11(7-16-17)18-13-5-4-10(14)6-12(13)9(2)15/h4-9H,3,15H2,1-2H3/t9-/m1/s1. The van der Waals surface area contributed by atoms with Crippen molar-refractivity contribution in [3.8, 4) is 11.5 Å². The molecule has 96 valence electrons. The van der Waals surface area contributed by atoms with E-state index >= 15 is 0 Å². The average Bonchev–Trinajstić information content (AvgIpc) is 2.79. The van der Waals surface area contributed by atoms with Gasteiger partial charge in [-0.2, -0.15) is 5.10 Å². The van der Waals surface area contributed by atoms with E-state index in [4.69, 9.17) is 10.5 Å². The molecule has 0 bridgehead atoms. The Bertz CT molecular complexity index is 537. The summed E-state index contributed by atoms with van der Waals surface area (Å²) in [6.07, 6.45) is 3.41. The highest BCUT2D eigenvalue weighted by Crippen LogP contribution is 2.29. The fourth-order valence-electron chi connectivity index (χ4n) is 1.67. The van der Waals surface area contributed by atoms with Crippen LogP contribution in [0.3, 0.4) is 0 Å².